The minimum atomic E-state index is -0.389. The normalized spacial score (nSPS) is 17.3. The first-order valence-corrected chi connectivity index (χ1v) is 10.9. The quantitative estimate of drug-likeness (QED) is 0.599. The lowest BCUT2D eigenvalue weighted by molar-refractivity contribution is -0.116. The molecule has 1 amide bonds. The van der Waals surface area contributed by atoms with Crippen LogP contribution in [0.3, 0.4) is 0 Å². The van der Waals surface area contributed by atoms with Gasteiger partial charge in [0.2, 0.25) is 5.91 Å². The SMILES string of the molecule is CCOC(=O)c1ccc(NC(=O)CC2CSc3nc4c(c(=O)n32)CCCC4)cc1. The summed E-state index contributed by atoms with van der Waals surface area (Å²) in [7, 11) is 0. The molecule has 1 atom stereocenters. The number of hydrogen-bond donors (Lipinski definition) is 1. The summed E-state index contributed by atoms with van der Waals surface area (Å²) in [6.45, 7) is 2.07. The summed E-state index contributed by atoms with van der Waals surface area (Å²) in [6.07, 6.45) is 3.95. The van der Waals surface area contributed by atoms with Crippen molar-refractivity contribution in [2.75, 3.05) is 17.7 Å². The molecule has 1 N–H and O–H groups in total. The van der Waals surface area contributed by atoms with Gasteiger partial charge in [0, 0.05) is 23.4 Å². The maximum absolute atomic E-state index is 12.9. The number of carbonyl (C=O) groups is 2. The maximum atomic E-state index is 12.9. The van der Waals surface area contributed by atoms with E-state index in [0.29, 0.717) is 23.6 Å². The number of carbonyl (C=O) groups excluding carboxylic acids is 2. The number of esters is 1. The van der Waals surface area contributed by atoms with Crippen LogP contribution in [0, 0.1) is 0 Å². The number of rotatable bonds is 5. The molecule has 1 aromatic carbocycles. The van der Waals surface area contributed by atoms with Crippen molar-refractivity contribution < 1.29 is 14.3 Å². The molecule has 1 aliphatic carbocycles. The first-order valence-electron chi connectivity index (χ1n) is 9.91. The monoisotopic (exact) mass is 413 g/mol. The lowest BCUT2D eigenvalue weighted by atomic mass is 9.97. The molecular weight excluding hydrogens is 390 g/mol. The van der Waals surface area contributed by atoms with E-state index in [1.807, 2.05) is 0 Å². The van der Waals surface area contributed by atoms with E-state index < -0.39 is 0 Å². The van der Waals surface area contributed by atoms with Gasteiger partial charge in [-0.05, 0) is 56.9 Å². The Hall–Kier alpha value is -2.61. The van der Waals surface area contributed by atoms with Crippen LogP contribution in [0.5, 0.6) is 0 Å². The molecule has 4 rings (SSSR count). The van der Waals surface area contributed by atoms with Gasteiger partial charge in [0.1, 0.15) is 0 Å². The number of fused-ring (bicyclic) bond motifs is 2. The fourth-order valence-corrected chi connectivity index (χ4v) is 4.95. The van der Waals surface area contributed by atoms with Crippen LogP contribution in [-0.4, -0.2) is 33.8 Å². The molecule has 1 aromatic heterocycles. The molecule has 8 heteroatoms. The van der Waals surface area contributed by atoms with Crippen LogP contribution in [-0.2, 0) is 22.4 Å². The van der Waals surface area contributed by atoms with Gasteiger partial charge in [0.15, 0.2) is 5.16 Å². The van der Waals surface area contributed by atoms with Gasteiger partial charge in [0.05, 0.1) is 23.9 Å². The van der Waals surface area contributed by atoms with E-state index in [4.69, 9.17) is 4.74 Å². The second-order valence-corrected chi connectivity index (χ2v) is 8.20. The van der Waals surface area contributed by atoms with E-state index in [0.717, 1.165) is 42.1 Å². The van der Waals surface area contributed by atoms with Gasteiger partial charge in [-0.3, -0.25) is 14.2 Å². The molecule has 1 unspecified atom stereocenters. The average Bonchev–Trinajstić information content (AvgIpc) is 3.11. The highest BCUT2D eigenvalue weighted by atomic mass is 32.2. The highest BCUT2D eigenvalue weighted by Crippen LogP contribution is 2.33. The van der Waals surface area contributed by atoms with Crippen LogP contribution < -0.4 is 10.9 Å². The maximum Gasteiger partial charge on any atom is 0.338 e. The number of nitrogens with zero attached hydrogens (tertiary/aromatic N) is 2. The summed E-state index contributed by atoms with van der Waals surface area (Å²) in [5, 5.41) is 3.57. The largest absolute Gasteiger partial charge is 0.462 e. The molecular formula is C21H23N3O4S. The summed E-state index contributed by atoms with van der Waals surface area (Å²) < 4.78 is 6.66. The van der Waals surface area contributed by atoms with Crippen molar-refractivity contribution in [3.05, 3.63) is 51.4 Å². The zero-order valence-electron chi connectivity index (χ0n) is 16.3. The smallest absolute Gasteiger partial charge is 0.338 e. The van der Waals surface area contributed by atoms with Crippen LogP contribution in [0.4, 0.5) is 5.69 Å². The van der Waals surface area contributed by atoms with Crippen molar-refractivity contribution in [3.63, 3.8) is 0 Å². The number of nitrogens with one attached hydrogen (secondary N) is 1. The second kappa shape index (κ2) is 8.41. The van der Waals surface area contributed by atoms with Gasteiger partial charge in [-0.15, -0.1) is 0 Å². The van der Waals surface area contributed by atoms with E-state index in [1.54, 1.807) is 47.5 Å². The first-order chi connectivity index (χ1) is 14.1. The van der Waals surface area contributed by atoms with Crippen molar-refractivity contribution in [2.24, 2.45) is 0 Å². The zero-order valence-corrected chi connectivity index (χ0v) is 17.1. The number of anilines is 1. The van der Waals surface area contributed by atoms with Crippen LogP contribution >= 0.6 is 11.8 Å². The molecule has 2 aliphatic rings. The van der Waals surface area contributed by atoms with Crippen LogP contribution in [0.2, 0.25) is 0 Å². The highest BCUT2D eigenvalue weighted by molar-refractivity contribution is 7.99. The number of aromatic nitrogens is 2. The molecule has 0 bridgehead atoms. The Morgan fingerprint density at radius 3 is 2.76 bits per heavy atom. The van der Waals surface area contributed by atoms with Crippen molar-refractivity contribution in [2.45, 2.75) is 50.2 Å². The van der Waals surface area contributed by atoms with E-state index in [-0.39, 0.29) is 29.9 Å². The minimum absolute atomic E-state index is 0.0197. The summed E-state index contributed by atoms with van der Waals surface area (Å²) in [5.41, 5.74) is 2.82. The Morgan fingerprint density at radius 2 is 2.00 bits per heavy atom. The van der Waals surface area contributed by atoms with Gasteiger partial charge >= 0.3 is 5.97 Å². The minimum Gasteiger partial charge on any atom is -0.462 e. The Bertz CT molecular complexity index is 1000. The van der Waals surface area contributed by atoms with E-state index in [1.165, 1.54) is 0 Å². The Kier molecular flexibility index (Phi) is 5.71. The van der Waals surface area contributed by atoms with Crippen molar-refractivity contribution in [1.82, 2.24) is 9.55 Å². The van der Waals surface area contributed by atoms with Gasteiger partial charge in [0.25, 0.3) is 5.56 Å². The lowest BCUT2D eigenvalue weighted by Gasteiger charge is -2.18. The molecule has 0 saturated heterocycles. The molecule has 2 aromatic rings. The van der Waals surface area contributed by atoms with Crippen molar-refractivity contribution >= 4 is 29.3 Å². The topological polar surface area (TPSA) is 90.3 Å². The summed E-state index contributed by atoms with van der Waals surface area (Å²) in [6, 6.07) is 6.39. The molecule has 152 valence electrons. The molecule has 29 heavy (non-hydrogen) atoms. The van der Waals surface area contributed by atoms with E-state index in [2.05, 4.69) is 10.3 Å². The molecule has 1 aliphatic heterocycles. The third-order valence-electron chi connectivity index (χ3n) is 5.22. The van der Waals surface area contributed by atoms with Gasteiger partial charge < -0.3 is 10.1 Å². The molecule has 7 nitrogen and oxygen atoms in total. The number of aryl methyl sites for hydroxylation is 1. The third-order valence-corrected chi connectivity index (χ3v) is 6.32. The molecule has 0 saturated carbocycles. The first kappa shape index (κ1) is 19.7. The van der Waals surface area contributed by atoms with Crippen molar-refractivity contribution in [1.29, 1.82) is 0 Å². The van der Waals surface area contributed by atoms with E-state index >= 15 is 0 Å². The van der Waals surface area contributed by atoms with Crippen LogP contribution in [0.1, 0.15) is 53.8 Å². The van der Waals surface area contributed by atoms with Gasteiger partial charge in [-0.2, -0.15) is 0 Å². The molecule has 0 spiro atoms. The van der Waals surface area contributed by atoms with Gasteiger partial charge in [-0.1, -0.05) is 11.8 Å². The summed E-state index contributed by atoms with van der Waals surface area (Å²) >= 11 is 1.54. The number of amides is 1. The summed E-state index contributed by atoms with van der Waals surface area (Å²) in [5.74, 6) is 0.109. The second-order valence-electron chi connectivity index (χ2n) is 7.22. The number of thioether (sulfide) groups is 1. The fourth-order valence-electron chi connectivity index (χ4n) is 3.79. The number of benzene rings is 1. The molecule has 0 fully saturated rings. The fraction of sp³-hybridized carbons (Fsp3) is 0.429. The van der Waals surface area contributed by atoms with Crippen molar-refractivity contribution in [3.8, 4) is 0 Å². The standard InChI is InChI=1S/C21H23N3O4S/c1-2-28-20(27)13-7-9-14(10-8-13)22-18(25)11-15-12-29-21-23-17-6-4-3-5-16(17)19(26)24(15)21/h7-10,15H,2-6,11-12H2,1H3,(H,22,25). The van der Waals surface area contributed by atoms with Crippen LogP contribution in [0.15, 0.2) is 34.2 Å². The Balaban J connectivity index is 1.44. The predicted octanol–water partition coefficient (Wildman–Crippen LogP) is 2.97. The highest BCUT2D eigenvalue weighted by Gasteiger charge is 2.30. The molecule has 2 heterocycles. The average molecular weight is 413 g/mol. The van der Waals surface area contributed by atoms with Gasteiger partial charge in [-0.25, -0.2) is 9.78 Å². The summed E-state index contributed by atoms with van der Waals surface area (Å²) in [4.78, 5) is 41.9. The van der Waals surface area contributed by atoms with E-state index in [9.17, 15) is 14.4 Å². The third kappa shape index (κ3) is 4.07. The lowest BCUT2D eigenvalue weighted by Crippen LogP contribution is -2.32. The number of hydrogen-bond acceptors (Lipinski definition) is 6. The zero-order chi connectivity index (χ0) is 20.4. The number of ether oxygens (including phenoxy) is 1. The Labute approximate surface area is 172 Å². The Morgan fingerprint density at radius 1 is 1.24 bits per heavy atom. The van der Waals surface area contributed by atoms with Crippen LogP contribution in [0.25, 0.3) is 0 Å². The molecule has 0 radical (unpaired) electrons. The predicted molar refractivity (Wildman–Crippen MR) is 111 cm³/mol.